The molecule has 3 N–H and O–H groups in total. The number of nitrogens with zero attached hydrogens (tertiary/aromatic N) is 8. The number of pyridine rings is 3. The lowest BCUT2D eigenvalue weighted by atomic mass is 9.82. The number of rotatable bonds is 3. The van der Waals surface area contributed by atoms with Crippen LogP contribution in [0.15, 0.2) is 101 Å². The fraction of sp³-hybridized carbons (Fsp3) is 0.172. The maximum atomic E-state index is 10.8. The van der Waals surface area contributed by atoms with E-state index in [0.29, 0.717) is 5.46 Å². The Morgan fingerprint density at radius 3 is 1.58 bits per heavy atom. The number of nitrogens with one attached hydrogen (secondary N) is 1. The van der Waals surface area contributed by atoms with E-state index in [1.54, 1.807) is 50.8 Å². The van der Waals surface area contributed by atoms with Crippen LogP contribution in [0.4, 0.5) is 0 Å². The molecule has 0 atom stereocenters. The highest BCUT2D eigenvalue weighted by atomic mass is 79.9. The van der Waals surface area contributed by atoms with Gasteiger partial charge in [-0.2, -0.15) is 15.3 Å². The van der Waals surface area contributed by atoms with Crippen LogP contribution in [0.1, 0.15) is 11.4 Å². The van der Waals surface area contributed by atoms with Crippen LogP contribution in [0, 0.1) is 13.8 Å². The fourth-order valence-corrected chi connectivity index (χ4v) is 3.78. The predicted molar refractivity (Wildman–Crippen MR) is 170 cm³/mol. The Balaban J connectivity index is 0.000000161. The number of hydrogen-bond acceptors (Lipinski definition) is 8. The van der Waals surface area contributed by atoms with Crippen LogP contribution in [0.5, 0.6) is 0 Å². The number of halogens is 1. The molecule has 0 saturated heterocycles. The first-order valence-electron chi connectivity index (χ1n) is 13.0. The molecule has 12 nitrogen and oxygen atoms in total. The number of aromatic amines is 1. The van der Waals surface area contributed by atoms with E-state index in [1.165, 1.54) is 12.3 Å². The zero-order valence-corrected chi connectivity index (χ0v) is 26.1. The van der Waals surface area contributed by atoms with Crippen molar-refractivity contribution in [2.24, 2.45) is 21.1 Å². The van der Waals surface area contributed by atoms with Gasteiger partial charge in [-0.05, 0) is 48.0 Å². The van der Waals surface area contributed by atoms with E-state index in [1.807, 2.05) is 72.0 Å². The summed E-state index contributed by atoms with van der Waals surface area (Å²) in [6.45, 7) is 3.82. The van der Waals surface area contributed by atoms with Crippen molar-refractivity contribution < 1.29 is 10.0 Å². The summed E-state index contributed by atoms with van der Waals surface area (Å²) >= 11 is 3.25. The van der Waals surface area contributed by atoms with Crippen molar-refractivity contribution in [3.05, 3.63) is 118 Å². The molecule has 0 aromatic carbocycles. The smallest absolute Gasteiger partial charge is 0.423 e. The van der Waals surface area contributed by atoms with Gasteiger partial charge in [-0.15, -0.1) is 0 Å². The van der Waals surface area contributed by atoms with Crippen LogP contribution in [0.25, 0.3) is 22.3 Å². The third kappa shape index (κ3) is 11.3. The minimum Gasteiger partial charge on any atom is -0.423 e. The molecule has 6 aromatic heterocycles. The van der Waals surface area contributed by atoms with Crippen LogP contribution < -0.4 is 11.0 Å². The second-order valence-electron chi connectivity index (χ2n) is 9.37. The topological polar surface area (TPSA) is 153 Å². The molecule has 6 aromatic rings. The number of hydrogen-bond donors (Lipinski definition) is 3. The van der Waals surface area contributed by atoms with Gasteiger partial charge < -0.3 is 15.0 Å². The third-order valence-corrected chi connectivity index (χ3v) is 6.09. The van der Waals surface area contributed by atoms with Gasteiger partial charge in [0.25, 0.3) is 0 Å². The van der Waals surface area contributed by atoms with Crippen molar-refractivity contribution in [3.8, 4) is 22.3 Å². The number of H-pyrrole nitrogens is 1. The molecule has 43 heavy (non-hydrogen) atoms. The Labute approximate surface area is 258 Å². The average molecular weight is 646 g/mol. The summed E-state index contributed by atoms with van der Waals surface area (Å²) in [7, 11) is 4.23. The second-order valence-corrected chi connectivity index (χ2v) is 10.3. The van der Waals surface area contributed by atoms with Crippen molar-refractivity contribution >= 4 is 28.5 Å². The molecule has 6 heterocycles. The molecule has 0 aliphatic heterocycles. The van der Waals surface area contributed by atoms with E-state index < -0.39 is 7.12 Å². The van der Waals surface area contributed by atoms with Crippen molar-refractivity contribution in [1.82, 2.24) is 44.3 Å². The fourth-order valence-electron chi connectivity index (χ4n) is 3.39. The first-order chi connectivity index (χ1) is 20.5. The minimum atomic E-state index is -1.41. The zero-order chi connectivity index (χ0) is 31.4. The van der Waals surface area contributed by atoms with E-state index in [4.69, 9.17) is 10.0 Å². The second kappa shape index (κ2) is 16.1. The zero-order valence-electron chi connectivity index (χ0n) is 24.5. The number of aromatic nitrogens is 9. The lowest BCUT2D eigenvalue weighted by molar-refractivity contribution is 0.425. The van der Waals surface area contributed by atoms with E-state index >= 15 is 0 Å². The Hall–Kier alpha value is -4.66. The summed E-state index contributed by atoms with van der Waals surface area (Å²) < 4.78 is 6.27. The number of aryl methyl sites for hydroxylation is 5. The molecule has 6 rings (SSSR count). The maximum Gasteiger partial charge on any atom is 0.490 e. The standard InChI is InChI=1S/C10H11N3.C9H9N3O.C6H8BNO2.C4H5BrN2/c1-8-3-4-9(5-11-8)10-6-12-13(2)7-10;1-12-6-8(5-11-12)7-2-3-9(13)10-4-7;1-5-2-3-6(4-8-5)7(9)10;1-7-3-4(5)2-6-7/h3-7H,1-2H3;2-6H,1H3,(H,10,13);2-4,9-10H,1H3;2-3H,1H3. The van der Waals surface area contributed by atoms with Gasteiger partial charge in [-0.25, -0.2) is 0 Å². The molecule has 0 aliphatic carbocycles. The van der Waals surface area contributed by atoms with Gasteiger partial charge in [-0.1, -0.05) is 12.1 Å². The molecule has 0 radical (unpaired) electrons. The summed E-state index contributed by atoms with van der Waals surface area (Å²) in [6, 6.07) is 10.7. The molecule has 0 bridgehead atoms. The van der Waals surface area contributed by atoms with Crippen LogP contribution in [0.2, 0.25) is 0 Å². The van der Waals surface area contributed by atoms with Crippen LogP contribution in [0.3, 0.4) is 0 Å². The maximum absolute atomic E-state index is 10.8. The SMILES string of the molecule is Cc1ccc(-c2cnn(C)c2)cn1.Cc1ccc(B(O)O)cn1.Cn1cc(-c2ccc(=O)[nH]c2)cn1.Cn1cc(Br)cn1. The average Bonchev–Trinajstić information content (AvgIpc) is 3.72. The molecule has 0 spiro atoms. The molecule has 14 heteroatoms. The van der Waals surface area contributed by atoms with E-state index in [0.717, 1.165) is 38.1 Å². The summed E-state index contributed by atoms with van der Waals surface area (Å²) in [5.41, 5.74) is 6.41. The summed E-state index contributed by atoms with van der Waals surface area (Å²) in [5.74, 6) is 0. The lowest BCUT2D eigenvalue weighted by Crippen LogP contribution is -2.29. The molecular formula is C29H33BBrN9O3. The van der Waals surface area contributed by atoms with Crippen molar-refractivity contribution in [3.63, 3.8) is 0 Å². The van der Waals surface area contributed by atoms with Crippen molar-refractivity contribution in [2.75, 3.05) is 0 Å². The first-order valence-corrected chi connectivity index (χ1v) is 13.8. The Morgan fingerprint density at radius 1 is 0.674 bits per heavy atom. The largest absolute Gasteiger partial charge is 0.490 e. The Kier molecular flexibility index (Phi) is 12.3. The quantitative estimate of drug-likeness (QED) is 0.249. The highest BCUT2D eigenvalue weighted by Crippen LogP contribution is 2.17. The molecule has 0 saturated carbocycles. The summed E-state index contributed by atoms with van der Waals surface area (Å²) in [4.78, 5) is 21.5. The van der Waals surface area contributed by atoms with Gasteiger partial charge in [-0.3, -0.25) is 28.8 Å². The van der Waals surface area contributed by atoms with Crippen LogP contribution in [-0.4, -0.2) is 61.5 Å². The highest BCUT2D eigenvalue weighted by molar-refractivity contribution is 9.10. The molecular weight excluding hydrogens is 613 g/mol. The monoisotopic (exact) mass is 645 g/mol. The molecule has 0 fully saturated rings. The van der Waals surface area contributed by atoms with E-state index in [9.17, 15) is 4.79 Å². The third-order valence-electron chi connectivity index (χ3n) is 5.68. The van der Waals surface area contributed by atoms with Crippen molar-refractivity contribution in [2.45, 2.75) is 13.8 Å². The molecule has 222 valence electrons. The normalized spacial score (nSPS) is 9.95. The van der Waals surface area contributed by atoms with E-state index in [2.05, 4.69) is 52.2 Å². The minimum absolute atomic E-state index is 0.0901. The molecule has 0 amide bonds. The van der Waals surface area contributed by atoms with Gasteiger partial charge in [0, 0.05) is 103 Å². The lowest BCUT2D eigenvalue weighted by Gasteiger charge is -1.96. The van der Waals surface area contributed by atoms with Crippen molar-refractivity contribution in [1.29, 1.82) is 0 Å². The summed E-state index contributed by atoms with van der Waals surface area (Å²) in [5, 5.41) is 29.3. The van der Waals surface area contributed by atoms with Gasteiger partial charge >= 0.3 is 7.12 Å². The molecule has 0 aliphatic rings. The van der Waals surface area contributed by atoms with E-state index in [-0.39, 0.29) is 5.56 Å². The van der Waals surface area contributed by atoms with Gasteiger partial charge in [0.05, 0.1) is 23.1 Å². The Morgan fingerprint density at radius 2 is 1.21 bits per heavy atom. The predicted octanol–water partition coefficient (Wildman–Crippen LogP) is 2.82. The van der Waals surface area contributed by atoms with Crippen LogP contribution in [-0.2, 0) is 21.1 Å². The molecule has 0 unspecified atom stereocenters. The Bertz CT molecular complexity index is 1710. The van der Waals surface area contributed by atoms with Crippen LogP contribution >= 0.6 is 15.9 Å². The van der Waals surface area contributed by atoms with Gasteiger partial charge in [0.2, 0.25) is 5.56 Å². The first kappa shape index (κ1) is 32.9. The van der Waals surface area contributed by atoms with Gasteiger partial charge in [0.15, 0.2) is 0 Å². The summed E-state index contributed by atoms with van der Waals surface area (Å²) in [6.07, 6.45) is 16.1. The highest BCUT2D eigenvalue weighted by Gasteiger charge is 2.09. The van der Waals surface area contributed by atoms with Gasteiger partial charge in [0.1, 0.15) is 0 Å².